The van der Waals surface area contributed by atoms with Gasteiger partial charge in [-0.05, 0) is 36.9 Å². The maximum absolute atomic E-state index is 13.4. The van der Waals surface area contributed by atoms with Gasteiger partial charge >= 0.3 is 0 Å². The number of rotatable bonds is 9. The molecule has 1 N–H and O–H groups in total. The number of benzene rings is 1. The Kier molecular flexibility index (Phi) is 8.19. The maximum Gasteiger partial charge on any atom is 0.123 e. The van der Waals surface area contributed by atoms with Crippen molar-refractivity contribution in [2.45, 2.75) is 45.2 Å². The highest BCUT2D eigenvalue weighted by Crippen LogP contribution is 2.24. The smallest absolute Gasteiger partial charge is 0.123 e. The van der Waals surface area contributed by atoms with Gasteiger partial charge in [-0.3, -0.25) is 0 Å². The predicted octanol–water partition coefficient (Wildman–Crippen LogP) is 3.76. The minimum absolute atomic E-state index is 0.154. The summed E-state index contributed by atoms with van der Waals surface area (Å²) in [6.07, 6.45) is 0. The van der Waals surface area contributed by atoms with Crippen molar-refractivity contribution in [3.63, 3.8) is 0 Å². The molecule has 0 aromatic heterocycles. The number of nitrogens with zero attached hydrogens (tertiary/aromatic N) is 1. The molecule has 1 aromatic rings. The molecule has 1 aromatic carbocycles. The Morgan fingerprint density at radius 3 is 2.55 bits per heavy atom. The van der Waals surface area contributed by atoms with E-state index in [0.717, 1.165) is 37.5 Å². The lowest BCUT2D eigenvalue weighted by atomic mass is 10.2. The van der Waals surface area contributed by atoms with Crippen LogP contribution in [0.15, 0.2) is 23.1 Å². The summed E-state index contributed by atoms with van der Waals surface area (Å²) in [4.78, 5) is 3.59. The van der Waals surface area contributed by atoms with Crippen molar-refractivity contribution in [3.05, 3.63) is 29.6 Å². The molecule has 0 spiro atoms. The minimum Gasteiger partial charge on any atom is -0.310 e. The van der Waals surface area contributed by atoms with Gasteiger partial charge in [0.2, 0.25) is 0 Å². The Hall–Kier alpha value is -0.580. The molecule has 0 aliphatic rings. The van der Waals surface area contributed by atoms with Crippen LogP contribution in [0, 0.1) is 5.82 Å². The SMILES string of the molecule is CCN(CC)CCSc1ccc(F)cc1CNC(C)C. The van der Waals surface area contributed by atoms with Crippen LogP contribution in [0.1, 0.15) is 33.3 Å². The summed E-state index contributed by atoms with van der Waals surface area (Å²) in [5.74, 6) is 0.890. The lowest BCUT2D eigenvalue weighted by Gasteiger charge is -2.18. The molecule has 4 heteroatoms. The number of thioether (sulfide) groups is 1. The van der Waals surface area contributed by atoms with Crippen LogP contribution >= 0.6 is 11.8 Å². The molecule has 0 bridgehead atoms. The second-order valence-electron chi connectivity index (χ2n) is 5.16. The van der Waals surface area contributed by atoms with Gasteiger partial charge in [-0.25, -0.2) is 4.39 Å². The van der Waals surface area contributed by atoms with Gasteiger partial charge in [-0.2, -0.15) is 0 Å². The van der Waals surface area contributed by atoms with Gasteiger partial charge in [-0.1, -0.05) is 27.7 Å². The molecular formula is C16H27FN2S. The van der Waals surface area contributed by atoms with Crippen LogP contribution in [0.2, 0.25) is 0 Å². The molecule has 0 saturated heterocycles. The van der Waals surface area contributed by atoms with Crippen LogP contribution in [0.25, 0.3) is 0 Å². The topological polar surface area (TPSA) is 15.3 Å². The lowest BCUT2D eigenvalue weighted by Crippen LogP contribution is -2.25. The first kappa shape index (κ1) is 17.5. The van der Waals surface area contributed by atoms with Gasteiger partial charge < -0.3 is 10.2 Å². The third kappa shape index (κ3) is 6.25. The summed E-state index contributed by atoms with van der Waals surface area (Å²) in [6.45, 7) is 12.5. The molecule has 0 saturated carbocycles. The van der Waals surface area contributed by atoms with E-state index < -0.39 is 0 Å². The van der Waals surface area contributed by atoms with E-state index in [1.165, 1.54) is 4.90 Å². The zero-order chi connectivity index (χ0) is 15.0. The molecule has 1 rings (SSSR count). The van der Waals surface area contributed by atoms with E-state index in [4.69, 9.17) is 0 Å². The molecule has 0 unspecified atom stereocenters. The molecule has 0 amide bonds. The second kappa shape index (κ2) is 9.37. The van der Waals surface area contributed by atoms with Gasteiger partial charge in [-0.15, -0.1) is 11.8 Å². The summed E-state index contributed by atoms with van der Waals surface area (Å²) < 4.78 is 13.4. The molecule has 114 valence electrons. The standard InChI is InChI=1S/C16H27FN2S/c1-5-19(6-2)9-10-20-16-8-7-15(17)11-14(16)12-18-13(3)4/h7-8,11,13,18H,5-6,9-10,12H2,1-4H3. The number of hydrogen-bond acceptors (Lipinski definition) is 3. The molecular weight excluding hydrogens is 271 g/mol. The van der Waals surface area contributed by atoms with Crippen molar-refractivity contribution in [3.8, 4) is 0 Å². The molecule has 0 aliphatic carbocycles. The summed E-state index contributed by atoms with van der Waals surface area (Å²) in [5.41, 5.74) is 1.06. The number of hydrogen-bond donors (Lipinski definition) is 1. The van der Waals surface area contributed by atoms with Crippen LogP contribution in [-0.4, -0.2) is 36.3 Å². The van der Waals surface area contributed by atoms with Crippen LogP contribution in [0.5, 0.6) is 0 Å². The molecule has 0 radical (unpaired) electrons. The monoisotopic (exact) mass is 298 g/mol. The molecule has 0 heterocycles. The second-order valence-corrected chi connectivity index (χ2v) is 6.30. The minimum atomic E-state index is -0.154. The normalized spacial score (nSPS) is 11.6. The van der Waals surface area contributed by atoms with Crippen LogP contribution in [-0.2, 0) is 6.54 Å². The third-order valence-electron chi connectivity index (χ3n) is 3.28. The summed E-state index contributed by atoms with van der Waals surface area (Å²) in [6, 6.07) is 5.51. The van der Waals surface area contributed by atoms with E-state index in [-0.39, 0.29) is 5.82 Å². The molecule has 0 fully saturated rings. The van der Waals surface area contributed by atoms with E-state index in [0.29, 0.717) is 6.04 Å². The summed E-state index contributed by atoms with van der Waals surface area (Å²) in [5, 5.41) is 3.36. The first-order valence-corrected chi connectivity index (χ1v) is 8.42. The highest BCUT2D eigenvalue weighted by atomic mass is 32.2. The quantitative estimate of drug-likeness (QED) is 0.699. The fourth-order valence-corrected chi connectivity index (χ4v) is 3.02. The Bertz CT molecular complexity index is 392. The van der Waals surface area contributed by atoms with Crippen molar-refractivity contribution in [1.29, 1.82) is 0 Å². The van der Waals surface area contributed by atoms with Crippen molar-refractivity contribution < 1.29 is 4.39 Å². The average Bonchev–Trinajstić information content (AvgIpc) is 2.43. The first-order chi connectivity index (χ1) is 9.56. The van der Waals surface area contributed by atoms with E-state index in [1.54, 1.807) is 12.1 Å². The van der Waals surface area contributed by atoms with Gasteiger partial charge in [0.15, 0.2) is 0 Å². The van der Waals surface area contributed by atoms with Crippen molar-refractivity contribution in [2.24, 2.45) is 0 Å². The predicted molar refractivity (Wildman–Crippen MR) is 86.9 cm³/mol. The van der Waals surface area contributed by atoms with E-state index in [2.05, 4.69) is 37.9 Å². The number of nitrogens with one attached hydrogen (secondary N) is 1. The van der Waals surface area contributed by atoms with Gasteiger partial charge in [0.05, 0.1) is 0 Å². The van der Waals surface area contributed by atoms with Crippen LogP contribution < -0.4 is 5.32 Å². The van der Waals surface area contributed by atoms with E-state index >= 15 is 0 Å². The third-order valence-corrected chi connectivity index (χ3v) is 4.38. The summed E-state index contributed by atoms with van der Waals surface area (Å²) in [7, 11) is 0. The zero-order valence-electron chi connectivity index (χ0n) is 13.1. The van der Waals surface area contributed by atoms with Gasteiger partial charge in [0, 0.05) is 29.8 Å². The Balaban J connectivity index is 2.59. The Morgan fingerprint density at radius 1 is 1.25 bits per heavy atom. The summed E-state index contributed by atoms with van der Waals surface area (Å²) >= 11 is 1.82. The fourth-order valence-electron chi connectivity index (χ4n) is 1.97. The zero-order valence-corrected chi connectivity index (χ0v) is 13.9. The fraction of sp³-hybridized carbons (Fsp3) is 0.625. The van der Waals surface area contributed by atoms with Gasteiger partial charge in [0.25, 0.3) is 0 Å². The molecule has 0 aliphatic heterocycles. The lowest BCUT2D eigenvalue weighted by molar-refractivity contribution is 0.324. The average molecular weight is 298 g/mol. The highest BCUT2D eigenvalue weighted by molar-refractivity contribution is 7.99. The van der Waals surface area contributed by atoms with Crippen molar-refractivity contribution in [2.75, 3.05) is 25.4 Å². The Morgan fingerprint density at radius 2 is 1.95 bits per heavy atom. The molecule has 20 heavy (non-hydrogen) atoms. The van der Waals surface area contributed by atoms with Crippen LogP contribution in [0.3, 0.4) is 0 Å². The Labute approximate surface area is 127 Å². The van der Waals surface area contributed by atoms with E-state index in [1.807, 2.05) is 17.8 Å². The largest absolute Gasteiger partial charge is 0.310 e. The van der Waals surface area contributed by atoms with Gasteiger partial charge in [0.1, 0.15) is 5.82 Å². The van der Waals surface area contributed by atoms with Crippen molar-refractivity contribution in [1.82, 2.24) is 10.2 Å². The molecule has 0 atom stereocenters. The van der Waals surface area contributed by atoms with Crippen molar-refractivity contribution >= 4 is 11.8 Å². The maximum atomic E-state index is 13.4. The van der Waals surface area contributed by atoms with Crippen LogP contribution in [0.4, 0.5) is 4.39 Å². The number of halogens is 1. The highest BCUT2D eigenvalue weighted by Gasteiger charge is 2.07. The molecule has 2 nitrogen and oxygen atoms in total. The van der Waals surface area contributed by atoms with E-state index in [9.17, 15) is 4.39 Å². The first-order valence-electron chi connectivity index (χ1n) is 7.43.